The molecule has 2 N–H and O–H groups in total. The average Bonchev–Trinajstić information content (AvgIpc) is 3.29. The first kappa shape index (κ1) is 20.9. The first-order valence-corrected chi connectivity index (χ1v) is 10.8. The first-order valence-electron chi connectivity index (χ1n) is 10.8. The van der Waals surface area contributed by atoms with Gasteiger partial charge >= 0.3 is 0 Å². The van der Waals surface area contributed by atoms with Crippen LogP contribution in [0.4, 0.5) is 0 Å². The number of benzene rings is 3. The molecule has 2 unspecified atom stereocenters. The summed E-state index contributed by atoms with van der Waals surface area (Å²) < 4.78 is 5.26. The lowest BCUT2D eigenvalue weighted by Crippen LogP contribution is -2.38. The number of fused-ring (bicyclic) bond motifs is 1. The number of ether oxygens (including phenoxy) is 1. The zero-order valence-electron chi connectivity index (χ0n) is 18.1. The molecule has 1 aliphatic carbocycles. The molecule has 1 aliphatic heterocycles. The molecule has 1 fully saturated rings. The SMILES string of the molecule is COc1ccc2c(c1)C(=O)C(CC1(c3ccc(-c4ccc(O)cc4)cc3)CC(=O)NC1=O)C2. The Labute approximate surface area is 191 Å². The minimum absolute atomic E-state index is 0.0175. The Morgan fingerprint density at radius 3 is 2.24 bits per heavy atom. The van der Waals surface area contributed by atoms with Gasteiger partial charge in [0.1, 0.15) is 11.5 Å². The molecule has 2 aliphatic rings. The lowest BCUT2D eigenvalue weighted by molar-refractivity contribution is -0.126. The lowest BCUT2D eigenvalue weighted by atomic mass is 9.71. The molecule has 3 aromatic rings. The summed E-state index contributed by atoms with van der Waals surface area (Å²) in [6.07, 6.45) is 0.819. The van der Waals surface area contributed by atoms with Crippen LogP contribution in [0.1, 0.15) is 34.3 Å². The maximum Gasteiger partial charge on any atom is 0.237 e. The average molecular weight is 441 g/mol. The first-order chi connectivity index (χ1) is 15.9. The van der Waals surface area contributed by atoms with E-state index in [-0.39, 0.29) is 42.1 Å². The molecular formula is C27H23NO5. The zero-order valence-corrected chi connectivity index (χ0v) is 18.1. The van der Waals surface area contributed by atoms with Gasteiger partial charge in [0.2, 0.25) is 11.8 Å². The van der Waals surface area contributed by atoms with Crippen LogP contribution in [0, 0.1) is 5.92 Å². The van der Waals surface area contributed by atoms with Crippen LogP contribution >= 0.6 is 0 Å². The largest absolute Gasteiger partial charge is 0.508 e. The van der Waals surface area contributed by atoms with Crippen LogP contribution in [0.2, 0.25) is 0 Å². The minimum Gasteiger partial charge on any atom is -0.508 e. The number of phenols is 1. The number of methoxy groups -OCH3 is 1. The molecule has 1 heterocycles. The van der Waals surface area contributed by atoms with Gasteiger partial charge in [0.05, 0.1) is 12.5 Å². The van der Waals surface area contributed by atoms with Crippen molar-refractivity contribution in [3.63, 3.8) is 0 Å². The molecule has 1 saturated heterocycles. The van der Waals surface area contributed by atoms with Gasteiger partial charge in [-0.2, -0.15) is 0 Å². The number of ketones is 1. The van der Waals surface area contributed by atoms with E-state index in [1.54, 1.807) is 25.3 Å². The van der Waals surface area contributed by atoms with E-state index in [2.05, 4.69) is 5.32 Å². The van der Waals surface area contributed by atoms with Crippen LogP contribution < -0.4 is 10.1 Å². The van der Waals surface area contributed by atoms with Crippen LogP contribution in [-0.2, 0) is 21.4 Å². The molecule has 3 aromatic carbocycles. The third kappa shape index (κ3) is 3.57. The standard InChI is InChI=1S/C27H23NO5/c1-33-22-11-6-18-12-19(25(31)23(18)13-22)14-27(15-24(30)28-26(27)32)20-7-2-16(3-8-20)17-4-9-21(29)10-5-17/h2-11,13,19,29H,12,14-15H2,1H3,(H,28,30,32). The Morgan fingerprint density at radius 1 is 0.970 bits per heavy atom. The van der Waals surface area contributed by atoms with E-state index in [0.29, 0.717) is 17.7 Å². The van der Waals surface area contributed by atoms with E-state index in [0.717, 1.165) is 22.3 Å². The van der Waals surface area contributed by atoms with Crippen molar-refractivity contribution in [2.45, 2.75) is 24.7 Å². The van der Waals surface area contributed by atoms with E-state index in [1.165, 1.54) is 0 Å². The van der Waals surface area contributed by atoms with Gasteiger partial charge in [-0.15, -0.1) is 0 Å². The fraction of sp³-hybridized carbons (Fsp3) is 0.222. The fourth-order valence-electron chi connectivity index (χ4n) is 5.05. The number of aromatic hydroxyl groups is 1. The second-order valence-electron chi connectivity index (χ2n) is 8.75. The smallest absolute Gasteiger partial charge is 0.237 e. The molecule has 2 amide bonds. The Morgan fingerprint density at radius 2 is 1.64 bits per heavy atom. The summed E-state index contributed by atoms with van der Waals surface area (Å²) in [5.41, 5.74) is 3.05. The number of imide groups is 1. The van der Waals surface area contributed by atoms with Crippen molar-refractivity contribution in [3.8, 4) is 22.6 Å². The summed E-state index contributed by atoms with van der Waals surface area (Å²) >= 11 is 0. The molecule has 6 nitrogen and oxygen atoms in total. The molecule has 2 atom stereocenters. The van der Waals surface area contributed by atoms with Crippen molar-refractivity contribution in [1.82, 2.24) is 5.32 Å². The molecule has 0 saturated carbocycles. The quantitative estimate of drug-likeness (QED) is 0.588. The predicted octanol–water partition coefficient (Wildman–Crippen LogP) is 3.80. The summed E-state index contributed by atoms with van der Waals surface area (Å²) in [7, 11) is 1.56. The summed E-state index contributed by atoms with van der Waals surface area (Å²) in [5, 5.41) is 12.0. The Bertz CT molecular complexity index is 1260. The van der Waals surface area contributed by atoms with Crippen molar-refractivity contribution in [2.75, 3.05) is 7.11 Å². The second kappa shape index (κ2) is 7.89. The van der Waals surface area contributed by atoms with Crippen molar-refractivity contribution in [3.05, 3.63) is 83.4 Å². The third-order valence-corrected chi connectivity index (χ3v) is 6.80. The van der Waals surface area contributed by atoms with Crippen molar-refractivity contribution in [1.29, 1.82) is 0 Å². The van der Waals surface area contributed by atoms with Gasteiger partial charge in [-0.3, -0.25) is 19.7 Å². The van der Waals surface area contributed by atoms with E-state index < -0.39 is 5.41 Å². The van der Waals surface area contributed by atoms with Crippen LogP contribution in [0.5, 0.6) is 11.5 Å². The number of carbonyl (C=O) groups is 3. The molecule has 0 bridgehead atoms. The Balaban J connectivity index is 1.47. The van der Waals surface area contributed by atoms with E-state index >= 15 is 0 Å². The highest BCUT2D eigenvalue weighted by Crippen LogP contribution is 2.43. The van der Waals surface area contributed by atoms with Gasteiger partial charge in [0, 0.05) is 17.9 Å². The van der Waals surface area contributed by atoms with Crippen molar-refractivity contribution in [2.24, 2.45) is 5.92 Å². The highest BCUT2D eigenvalue weighted by molar-refractivity contribution is 6.10. The topological polar surface area (TPSA) is 92.7 Å². The Hall–Kier alpha value is -3.93. The van der Waals surface area contributed by atoms with Crippen molar-refractivity contribution >= 4 is 17.6 Å². The van der Waals surface area contributed by atoms with Crippen LogP contribution in [0.3, 0.4) is 0 Å². The summed E-state index contributed by atoms with van der Waals surface area (Å²) in [5.74, 6) is -0.276. The number of phenolic OH excluding ortho intramolecular Hbond substituents is 1. The number of hydrogen-bond donors (Lipinski definition) is 2. The predicted molar refractivity (Wildman–Crippen MR) is 122 cm³/mol. The molecule has 33 heavy (non-hydrogen) atoms. The number of carbonyl (C=O) groups excluding carboxylic acids is 3. The van der Waals surface area contributed by atoms with E-state index in [9.17, 15) is 19.5 Å². The molecule has 166 valence electrons. The van der Waals surface area contributed by atoms with Gasteiger partial charge in [0.15, 0.2) is 5.78 Å². The molecule has 5 rings (SSSR count). The summed E-state index contributed by atoms with van der Waals surface area (Å²) in [6.45, 7) is 0. The fourth-order valence-corrected chi connectivity index (χ4v) is 5.05. The number of Topliss-reactive ketones (excluding diaryl/α,β-unsaturated/α-hetero) is 1. The second-order valence-corrected chi connectivity index (χ2v) is 8.75. The van der Waals surface area contributed by atoms with Gasteiger partial charge in [0.25, 0.3) is 0 Å². The molecule has 0 aromatic heterocycles. The Kier molecular flexibility index (Phi) is 5.01. The highest BCUT2D eigenvalue weighted by atomic mass is 16.5. The zero-order chi connectivity index (χ0) is 23.2. The van der Waals surface area contributed by atoms with Crippen molar-refractivity contribution < 1.29 is 24.2 Å². The number of hydrogen-bond acceptors (Lipinski definition) is 5. The maximum atomic E-state index is 13.2. The van der Waals surface area contributed by atoms with Gasteiger partial charge < -0.3 is 9.84 Å². The maximum absolute atomic E-state index is 13.2. The van der Waals surface area contributed by atoms with Crippen LogP contribution in [-0.4, -0.2) is 29.8 Å². The molecule has 0 radical (unpaired) electrons. The van der Waals surface area contributed by atoms with E-state index in [4.69, 9.17) is 4.74 Å². The number of amides is 2. The van der Waals surface area contributed by atoms with Gasteiger partial charge in [-0.1, -0.05) is 42.5 Å². The number of rotatable bonds is 5. The highest BCUT2D eigenvalue weighted by Gasteiger charge is 2.51. The molecule has 0 spiro atoms. The number of nitrogens with one attached hydrogen (secondary N) is 1. The van der Waals surface area contributed by atoms with Crippen LogP contribution in [0.15, 0.2) is 66.7 Å². The molecule has 6 heteroatoms. The summed E-state index contributed by atoms with van der Waals surface area (Å²) in [6, 6.07) is 19.8. The van der Waals surface area contributed by atoms with Gasteiger partial charge in [-0.25, -0.2) is 0 Å². The normalized spacial score (nSPS) is 21.7. The van der Waals surface area contributed by atoms with Gasteiger partial charge in [-0.05, 0) is 59.4 Å². The molecular weight excluding hydrogens is 418 g/mol. The van der Waals surface area contributed by atoms with E-state index in [1.807, 2.05) is 48.5 Å². The third-order valence-electron chi connectivity index (χ3n) is 6.80. The lowest BCUT2D eigenvalue weighted by Gasteiger charge is -2.28. The van der Waals surface area contributed by atoms with Crippen LogP contribution in [0.25, 0.3) is 11.1 Å². The monoisotopic (exact) mass is 441 g/mol. The summed E-state index contributed by atoms with van der Waals surface area (Å²) in [4.78, 5) is 38.5. The minimum atomic E-state index is -1.09.